The van der Waals surface area contributed by atoms with E-state index in [-0.39, 0.29) is 24.7 Å². The van der Waals surface area contributed by atoms with E-state index in [1.54, 1.807) is 14.1 Å². The van der Waals surface area contributed by atoms with Crippen LogP contribution in [0.1, 0.15) is 25.7 Å². The Labute approximate surface area is 87.4 Å². The third kappa shape index (κ3) is 3.11. The van der Waals surface area contributed by atoms with Crippen LogP contribution in [-0.2, 0) is 4.79 Å². The number of halogens is 3. The van der Waals surface area contributed by atoms with Crippen LogP contribution in [0.5, 0.6) is 0 Å². The summed E-state index contributed by atoms with van der Waals surface area (Å²) < 4.78 is 37.0. The van der Waals surface area contributed by atoms with Crippen LogP contribution in [0, 0.1) is 11.8 Å². The van der Waals surface area contributed by atoms with E-state index in [0.717, 1.165) is 0 Å². The molecule has 1 aliphatic rings. The monoisotopic (exact) mass is 223 g/mol. The molecule has 0 aromatic rings. The highest BCUT2D eigenvalue weighted by Gasteiger charge is 2.42. The van der Waals surface area contributed by atoms with Crippen molar-refractivity contribution in [3.63, 3.8) is 0 Å². The molecule has 2 nitrogen and oxygen atoms in total. The maximum atomic E-state index is 12.3. The molecule has 0 N–H and O–H groups in total. The smallest absolute Gasteiger partial charge is 0.349 e. The molecule has 0 saturated heterocycles. The average Bonchev–Trinajstić information content (AvgIpc) is 2.15. The molecule has 0 aliphatic heterocycles. The summed E-state index contributed by atoms with van der Waals surface area (Å²) in [5, 5.41) is 0. The first kappa shape index (κ1) is 12.3. The Morgan fingerprint density at radius 3 is 1.93 bits per heavy atom. The molecule has 0 atom stereocenters. The van der Waals surface area contributed by atoms with Crippen molar-refractivity contribution < 1.29 is 18.0 Å². The van der Waals surface area contributed by atoms with Crippen molar-refractivity contribution in [3.8, 4) is 0 Å². The van der Waals surface area contributed by atoms with Crippen molar-refractivity contribution in [1.82, 2.24) is 4.90 Å². The maximum Gasteiger partial charge on any atom is 0.391 e. The summed E-state index contributed by atoms with van der Waals surface area (Å²) in [5.74, 6) is -1.46. The van der Waals surface area contributed by atoms with E-state index in [1.165, 1.54) is 4.90 Å². The van der Waals surface area contributed by atoms with Crippen LogP contribution in [0.3, 0.4) is 0 Å². The Hall–Kier alpha value is -0.740. The van der Waals surface area contributed by atoms with Crippen molar-refractivity contribution in [1.29, 1.82) is 0 Å². The lowest BCUT2D eigenvalue weighted by atomic mass is 9.81. The molecule has 0 aromatic carbocycles. The van der Waals surface area contributed by atoms with E-state index in [9.17, 15) is 18.0 Å². The second-order valence-corrected chi connectivity index (χ2v) is 4.32. The maximum absolute atomic E-state index is 12.3. The van der Waals surface area contributed by atoms with Gasteiger partial charge >= 0.3 is 6.18 Å². The van der Waals surface area contributed by atoms with Crippen molar-refractivity contribution >= 4 is 5.91 Å². The lowest BCUT2D eigenvalue weighted by molar-refractivity contribution is -0.185. The summed E-state index contributed by atoms with van der Waals surface area (Å²) >= 11 is 0. The Balaban J connectivity index is 2.46. The fourth-order valence-corrected chi connectivity index (χ4v) is 2.03. The number of nitrogens with zero attached hydrogens (tertiary/aromatic N) is 1. The van der Waals surface area contributed by atoms with Crippen molar-refractivity contribution in [2.24, 2.45) is 11.8 Å². The third-order valence-electron chi connectivity index (χ3n) is 2.98. The van der Waals surface area contributed by atoms with Crippen LogP contribution in [0.25, 0.3) is 0 Å². The Morgan fingerprint density at radius 1 is 1.13 bits per heavy atom. The van der Waals surface area contributed by atoms with Gasteiger partial charge < -0.3 is 4.90 Å². The molecule has 5 heteroatoms. The Kier molecular flexibility index (Phi) is 3.62. The molecule has 0 heterocycles. The van der Waals surface area contributed by atoms with Crippen molar-refractivity contribution in [3.05, 3.63) is 0 Å². The van der Waals surface area contributed by atoms with E-state index in [4.69, 9.17) is 0 Å². The van der Waals surface area contributed by atoms with Crippen molar-refractivity contribution in [2.45, 2.75) is 31.9 Å². The first-order valence-electron chi connectivity index (χ1n) is 5.10. The minimum atomic E-state index is -4.09. The van der Waals surface area contributed by atoms with Gasteiger partial charge in [-0.2, -0.15) is 13.2 Å². The summed E-state index contributed by atoms with van der Waals surface area (Å²) in [5.41, 5.74) is 0. The molecule has 1 rings (SSSR count). The molecule has 0 bridgehead atoms. The summed E-state index contributed by atoms with van der Waals surface area (Å²) in [7, 11) is 3.27. The fraction of sp³-hybridized carbons (Fsp3) is 0.900. The Morgan fingerprint density at radius 2 is 1.60 bits per heavy atom. The first-order chi connectivity index (χ1) is 6.82. The second-order valence-electron chi connectivity index (χ2n) is 4.32. The highest BCUT2D eigenvalue weighted by atomic mass is 19.4. The number of carbonyl (C=O) groups is 1. The average molecular weight is 223 g/mol. The molecule has 0 unspecified atom stereocenters. The van der Waals surface area contributed by atoms with E-state index < -0.39 is 12.1 Å². The van der Waals surface area contributed by atoms with Gasteiger partial charge in [-0.3, -0.25) is 4.79 Å². The van der Waals surface area contributed by atoms with Gasteiger partial charge in [0.15, 0.2) is 0 Å². The molecule has 0 spiro atoms. The predicted molar refractivity (Wildman–Crippen MR) is 50.2 cm³/mol. The van der Waals surface area contributed by atoms with Crippen LogP contribution in [0.15, 0.2) is 0 Å². The van der Waals surface area contributed by atoms with Crippen molar-refractivity contribution in [2.75, 3.05) is 14.1 Å². The largest absolute Gasteiger partial charge is 0.391 e. The van der Waals surface area contributed by atoms with E-state index in [1.807, 2.05) is 0 Å². The number of hydrogen-bond donors (Lipinski definition) is 0. The van der Waals surface area contributed by atoms with Gasteiger partial charge in [0.05, 0.1) is 5.92 Å². The fourth-order valence-electron chi connectivity index (χ4n) is 2.03. The molecule has 15 heavy (non-hydrogen) atoms. The molecular formula is C10H16F3NO. The number of amides is 1. The van der Waals surface area contributed by atoms with Gasteiger partial charge in [-0.25, -0.2) is 0 Å². The summed E-state index contributed by atoms with van der Waals surface area (Å²) in [6, 6.07) is 0. The molecule has 1 amide bonds. The van der Waals surface area contributed by atoms with Gasteiger partial charge in [0.1, 0.15) is 0 Å². The lowest BCUT2D eigenvalue weighted by Gasteiger charge is -2.30. The zero-order chi connectivity index (χ0) is 11.6. The molecule has 1 aliphatic carbocycles. The van der Waals surface area contributed by atoms with Crippen LogP contribution in [0.4, 0.5) is 13.2 Å². The highest BCUT2D eigenvalue weighted by molar-refractivity contribution is 5.78. The lowest BCUT2D eigenvalue weighted by Crippen LogP contribution is -2.35. The minimum absolute atomic E-state index is 0.0457. The molecule has 0 radical (unpaired) electrons. The second kappa shape index (κ2) is 4.41. The quantitative estimate of drug-likeness (QED) is 0.668. The van der Waals surface area contributed by atoms with Gasteiger partial charge in [0, 0.05) is 20.0 Å². The summed E-state index contributed by atoms with van der Waals surface area (Å²) in [6.07, 6.45) is -3.18. The van der Waals surface area contributed by atoms with Gasteiger partial charge in [-0.1, -0.05) is 0 Å². The van der Waals surface area contributed by atoms with Crippen LogP contribution in [0.2, 0.25) is 0 Å². The number of rotatable bonds is 1. The number of carbonyl (C=O) groups excluding carboxylic acids is 1. The van der Waals surface area contributed by atoms with E-state index in [0.29, 0.717) is 12.8 Å². The zero-order valence-electron chi connectivity index (χ0n) is 8.97. The van der Waals surface area contributed by atoms with Gasteiger partial charge in [0.25, 0.3) is 0 Å². The molecule has 1 fully saturated rings. The molecule has 0 aromatic heterocycles. The minimum Gasteiger partial charge on any atom is -0.349 e. The van der Waals surface area contributed by atoms with E-state index >= 15 is 0 Å². The highest BCUT2D eigenvalue weighted by Crippen LogP contribution is 2.39. The van der Waals surface area contributed by atoms with Crippen LogP contribution < -0.4 is 0 Å². The summed E-state index contributed by atoms with van der Waals surface area (Å²) in [4.78, 5) is 13.0. The summed E-state index contributed by atoms with van der Waals surface area (Å²) in [6.45, 7) is 0. The van der Waals surface area contributed by atoms with Crippen LogP contribution in [-0.4, -0.2) is 31.1 Å². The predicted octanol–water partition coefficient (Wildman–Crippen LogP) is 2.44. The topological polar surface area (TPSA) is 20.3 Å². The van der Waals surface area contributed by atoms with Gasteiger partial charge in [-0.05, 0) is 25.7 Å². The standard InChI is InChI=1S/C10H16F3NO/c1-14(2)9(15)7-3-5-8(6-4-7)10(11,12)13/h7-8H,3-6H2,1-2H3. The van der Waals surface area contributed by atoms with E-state index in [2.05, 4.69) is 0 Å². The number of hydrogen-bond acceptors (Lipinski definition) is 1. The zero-order valence-corrected chi connectivity index (χ0v) is 8.97. The van der Waals surface area contributed by atoms with Gasteiger partial charge in [0.2, 0.25) is 5.91 Å². The third-order valence-corrected chi connectivity index (χ3v) is 2.98. The van der Waals surface area contributed by atoms with Crippen LogP contribution >= 0.6 is 0 Å². The first-order valence-corrected chi connectivity index (χ1v) is 5.10. The normalized spacial score (nSPS) is 27.5. The Bertz CT molecular complexity index is 229. The molecule has 1 saturated carbocycles. The molecule has 88 valence electrons. The SMILES string of the molecule is CN(C)C(=O)C1CCC(C(F)(F)F)CC1. The number of alkyl halides is 3. The molecular weight excluding hydrogens is 207 g/mol. The van der Waals surface area contributed by atoms with Gasteiger partial charge in [-0.15, -0.1) is 0 Å².